The average Bonchev–Trinajstić information content (AvgIpc) is 1.19. The summed E-state index contributed by atoms with van der Waals surface area (Å²) in [6.45, 7) is 0. The van der Waals surface area contributed by atoms with E-state index in [4.69, 9.17) is 17.5 Å². The first-order chi connectivity index (χ1) is 3.73. The number of rotatable bonds is 0. The minimum atomic E-state index is -4.17. The Bertz CT molecular complexity index is 128. The lowest BCUT2D eigenvalue weighted by Crippen LogP contribution is -2.08. The lowest BCUT2D eigenvalue weighted by molar-refractivity contribution is 0.485. The van der Waals surface area contributed by atoms with Crippen molar-refractivity contribution in [2.75, 3.05) is 0 Å². The second-order valence-electron chi connectivity index (χ2n) is 0.699. The zero-order valence-electron chi connectivity index (χ0n) is 3.82. The molecule has 0 heterocycles. The summed E-state index contributed by atoms with van der Waals surface area (Å²) in [6.07, 6.45) is 0. The van der Waals surface area contributed by atoms with Gasteiger partial charge in [-0.1, -0.05) is 0 Å². The van der Waals surface area contributed by atoms with Crippen LogP contribution in [0, 0.1) is 0 Å². The number of hydrogen-bond acceptors (Lipinski definition) is 3. The zero-order chi connectivity index (χ0) is 8.08. The number of halogens is 2. The van der Waals surface area contributed by atoms with E-state index in [0.717, 1.165) is 0 Å². The van der Waals surface area contributed by atoms with Gasteiger partial charge in [-0.15, -0.1) is 0 Å². The van der Waals surface area contributed by atoms with Crippen LogP contribution < -0.4 is 5.14 Å². The molecule has 58 valence electrons. The van der Waals surface area contributed by atoms with Crippen molar-refractivity contribution in [3.05, 3.63) is 0 Å². The first-order valence-electron chi connectivity index (χ1n) is 1.23. The van der Waals surface area contributed by atoms with Crippen molar-refractivity contribution in [1.29, 1.82) is 0 Å². The van der Waals surface area contributed by atoms with Crippen molar-refractivity contribution in [3.8, 4) is 0 Å². The molecule has 0 rings (SSSR count). The molecule has 0 aliphatic carbocycles. The SMILES string of the molecule is NS(=O)(=O)O.[O-][S+](Cl)Cl. The van der Waals surface area contributed by atoms with Gasteiger partial charge in [-0.25, -0.2) is 5.14 Å². The van der Waals surface area contributed by atoms with E-state index in [0.29, 0.717) is 0 Å². The molecule has 0 aliphatic rings. The van der Waals surface area contributed by atoms with Gasteiger partial charge in [0.05, 0.1) is 0 Å². The highest BCUT2D eigenvalue weighted by Gasteiger charge is 1.83. The maximum Gasteiger partial charge on any atom is 0.330 e. The molecule has 0 amide bonds. The third kappa shape index (κ3) is 693. The molecule has 0 aromatic rings. The molecule has 0 radical (unpaired) electrons. The highest BCUT2D eigenvalue weighted by Crippen LogP contribution is 1.98. The predicted molar refractivity (Wildman–Crippen MR) is 35.6 cm³/mol. The van der Waals surface area contributed by atoms with E-state index in [2.05, 4.69) is 26.5 Å². The topological polar surface area (TPSA) is 103 Å². The van der Waals surface area contributed by atoms with Gasteiger partial charge in [0.1, 0.15) is 0 Å². The number of nitrogens with two attached hydrogens (primary N) is 1. The van der Waals surface area contributed by atoms with Gasteiger partial charge in [-0.3, -0.25) is 4.55 Å². The molecule has 0 saturated heterocycles. The van der Waals surface area contributed by atoms with E-state index < -0.39 is 19.9 Å². The van der Waals surface area contributed by atoms with Crippen molar-refractivity contribution in [2.45, 2.75) is 0 Å². The van der Waals surface area contributed by atoms with E-state index in [1.165, 1.54) is 0 Å². The Morgan fingerprint density at radius 1 is 1.56 bits per heavy atom. The Morgan fingerprint density at radius 2 is 1.56 bits per heavy atom. The maximum atomic E-state index is 9.09. The van der Waals surface area contributed by atoms with Crippen LogP contribution in [0.4, 0.5) is 0 Å². The van der Waals surface area contributed by atoms with Crippen LogP contribution in [0.5, 0.6) is 0 Å². The third-order valence-electron chi connectivity index (χ3n) is 0. The summed E-state index contributed by atoms with van der Waals surface area (Å²) in [5, 5.41) is 3.88. The molecule has 0 atom stereocenters. The largest absolute Gasteiger partial charge is 0.582 e. The molecule has 0 spiro atoms. The molecule has 0 saturated carbocycles. The van der Waals surface area contributed by atoms with Crippen LogP contribution in [0.25, 0.3) is 0 Å². The van der Waals surface area contributed by atoms with Gasteiger partial charge in [0.15, 0.2) is 31.0 Å². The zero-order valence-corrected chi connectivity index (χ0v) is 6.97. The Balaban J connectivity index is 0. The standard InChI is InChI=1S/Cl2OS.H3NO3S/c1-4(2)3;1-5(2,3)4/h;(H3,1,2,3,4). The highest BCUT2D eigenvalue weighted by molar-refractivity contribution is 8.31. The van der Waals surface area contributed by atoms with E-state index in [-0.39, 0.29) is 0 Å². The van der Waals surface area contributed by atoms with Gasteiger partial charge >= 0.3 is 10.3 Å². The van der Waals surface area contributed by atoms with Crippen molar-refractivity contribution >= 4 is 41.3 Å². The molecular weight excluding hydrogens is 213 g/mol. The minimum Gasteiger partial charge on any atom is -0.582 e. The van der Waals surface area contributed by atoms with Gasteiger partial charge in [-0.2, -0.15) is 8.42 Å². The average molecular weight is 216 g/mol. The molecule has 9 heteroatoms. The molecule has 3 N–H and O–H groups in total. The second kappa shape index (κ2) is 5.54. The van der Waals surface area contributed by atoms with E-state index in [1.807, 2.05) is 0 Å². The summed E-state index contributed by atoms with van der Waals surface area (Å²) in [7, 11) is 3.19. The summed E-state index contributed by atoms with van der Waals surface area (Å²) in [5.74, 6) is 0. The van der Waals surface area contributed by atoms with Crippen LogP contribution in [0.2, 0.25) is 0 Å². The van der Waals surface area contributed by atoms with Crippen LogP contribution in [-0.4, -0.2) is 17.5 Å². The Labute approximate surface area is 64.2 Å². The maximum absolute atomic E-state index is 9.09. The molecule has 5 nitrogen and oxygen atoms in total. The van der Waals surface area contributed by atoms with Crippen LogP contribution >= 0.6 is 21.4 Å². The predicted octanol–water partition coefficient (Wildman–Crippen LogP) is -0.209. The van der Waals surface area contributed by atoms with Gasteiger partial charge in [-0.05, 0) is 0 Å². The van der Waals surface area contributed by atoms with Gasteiger partial charge in [0.25, 0.3) is 0 Å². The lowest BCUT2D eigenvalue weighted by Gasteiger charge is -1.73. The molecule has 9 heavy (non-hydrogen) atoms. The third-order valence-corrected chi connectivity index (χ3v) is 0. The Hall–Kier alpha value is 0.760. The molecule has 0 bridgehead atoms. The summed E-state index contributed by atoms with van der Waals surface area (Å²) >= 11 is 0. The monoisotopic (exact) mass is 215 g/mol. The van der Waals surface area contributed by atoms with Gasteiger partial charge in [0, 0.05) is 0 Å². The number of hydrogen-bond donors (Lipinski definition) is 2. The highest BCUT2D eigenvalue weighted by atomic mass is 36.0. The molecule has 0 aliphatic heterocycles. The van der Waals surface area contributed by atoms with Gasteiger partial charge < -0.3 is 4.55 Å². The van der Waals surface area contributed by atoms with Crippen LogP contribution in [0.15, 0.2) is 0 Å². The molecular formula is H3Cl2NO4S2. The summed E-state index contributed by atoms with van der Waals surface area (Å²) in [4.78, 5) is 0. The fourth-order valence-corrected chi connectivity index (χ4v) is 0. The van der Waals surface area contributed by atoms with Crippen LogP contribution in [0.3, 0.4) is 0 Å². The minimum absolute atomic E-state index is 1.67. The first-order valence-corrected chi connectivity index (χ1v) is 5.53. The summed E-state index contributed by atoms with van der Waals surface area (Å²) < 4.78 is 34.3. The smallest absolute Gasteiger partial charge is 0.330 e. The van der Waals surface area contributed by atoms with Crippen LogP contribution in [0.1, 0.15) is 0 Å². The van der Waals surface area contributed by atoms with E-state index in [1.54, 1.807) is 0 Å². The first kappa shape index (κ1) is 12.4. The van der Waals surface area contributed by atoms with Crippen molar-refractivity contribution < 1.29 is 17.5 Å². The van der Waals surface area contributed by atoms with Crippen LogP contribution in [-0.2, 0) is 19.9 Å². The van der Waals surface area contributed by atoms with E-state index in [9.17, 15) is 0 Å². The van der Waals surface area contributed by atoms with Crippen molar-refractivity contribution in [1.82, 2.24) is 0 Å². The fourth-order valence-electron chi connectivity index (χ4n) is 0. The summed E-state index contributed by atoms with van der Waals surface area (Å²) in [6, 6.07) is 0. The molecule has 0 aromatic carbocycles. The molecule has 0 unspecified atom stereocenters. The van der Waals surface area contributed by atoms with E-state index >= 15 is 0 Å². The Kier molecular flexibility index (Phi) is 7.65. The van der Waals surface area contributed by atoms with Crippen molar-refractivity contribution in [2.24, 2.45) is 5.14 Å². The fraction of sp³-hybridized carbons (Fsp3) is 0. The van der Waals surface area contributed by atoms with Gasteiger partial charge in [0.2, 0.25) is 0 Å². The molecule has 0 fully saturated rings. The lowest BCUT2D eigenvalue weighted by atomic mass is 13.9. The molecule has 0 aromatic heterocycles. The second-order valence-corrected chi connectivity index (χ2v) is 4.25. The quantitative estimate of drug-likeness (QED) is 0.431. The Morgan fingerprint density at radius 3 is 1.56 bits per heavy atom. The normalized spacial score (nSPS) is 10.4. The van der Waals surface area contributed by atoms with Crippen molar-refractivity contribution in [3.63, 3.8) is 0 Å². The summed E-state index contributed by atoms with van der Waals surface area (Å²) in [5.41, 5.74) is 0.